The Morgan fingerprint density at radius 2 is 1.81 bits per heavy atom. The molecule has 0 spiro atoms. The molecule has 0 aliphatic carbocycles. The van der Waals surface area contributed by atoms with Gasteiger partial charge in [0.05, 0.1) is 13.5 Å². The minimum Gasteiger partial charge on any atom is -0.469 e. The van der Waals surface area contributed by atoms with Crippen molar-refractivity contribution in [2.75, 3.05) is 7.11 Å². The summed E-state index contributed by atoms with van der Waals surface area (Å²) in [5, 5.41) is 0. The van der Waals surface area contributed by atoms with Gasteiger partial charge in [0.1, 0.15) is 0 Å². The Labute approximate surface area is 130 Å². The van der Waals surface area contributed by atoms with Gasteiger partial charge in [-0.05, 0) is 36.6 Å². The van der Waals surface area contributed by atoms with Crippen LogP contribution in [0.25, 0.3) is 0 Å². The van der Waals surface area contributed by atoms with Gasteiger partial charge in [0.15, 0.2) is 0 Å². The fraction of sp³-hybridized carbons (Fsp3) is 0.278. The number of rotatable bonds is 5. The van der Waals surface area contributed by atoms with Crippen LogP contribution in [0.4, 0.5) is 0 Å². The summed E-state index contributed by atoms with van der Waals surface area (Å²) in [4.78, 5) is 12.8. The zero-order chi connectivity index (χ0) is 15.2. The lowest BCUT2D eigenvalue weighted by molar-refractivity contribution is -0.139. The fourth-order valence-electron chi connectivity index (χ4n) is 2.12. The summed E-state index contributed by atoms with van der Waals surface area (Å²) in [6.45, 7) is 4.23. The van der Waals surface area contributed by atoms with Crippen LogP contribution in [0.3, 0.4) is 0 Å². The molecule has 21 heavy (non-hydrogen) atoms. The molecule has 2 rings (SSSR count). The Balaban J connectivity index is 2.13. The molecule has 0 amide bonds. The van der Waals surface area contributed by atoms with Crippen molar-refractivity contribution in [2.45, 2.75) is 30.9 Å². The molecule has 0 aromatic heterocycles. The number of ether oxygens (including phenoxy) is 1. The van der Waals surface area contributed by atoms with Crippen molar-refractivity contribution < 1.29 is 9.53 Å². The number of carbonyl (C=O) groups is 1. The van der Waals surface area contributed by atoms with Gasteiger partial charge in [-0.3, -0.25) is 4.79 Å². The monoisotopic (exact) mass is 300 g/mol. The van der Waals surface area contributed by atoms with Gasteiger partial charge in [0.2, 0.25) is 0 Å². The van der Waals surface area contributed by atoms with E-state index in [1.54, 1.807) is 0 Å². The van der Waals surface area contributed by atoms with Crippen molar-refractivity contribution in [3.63, 3.8) is 0 Å². The molecule has 0 aliphatic heterocycles. The molecule has 0 N–H and O–H groups in total. The van der Waals surface area contributed by atoms with Crippen LogP contribution in [0.15, 0.2) is 47.4 Å². The van der Waals surface area contributed by atoms with Crippen molar-refractivity contribution in [2.24, 2.45) is 0 Å². The maximum Gasteiger partial charge on any atom is 0.309 e. The highest BCUT2D eigenvalue weighted by Crippen LogP contribution is 2.28. The van der Waals surface area contributed by atoms with E-state index in [1.807, 2.05) is 30.0 Å². The van der Waals surface area contributed by atoms with E-state index in [9.17, 15) is 4.79 Å². The van der Waals surface area contributed by atoms with Gasteiger partial charge in [-0.2, -0.15) is 0 Å². The van der Waals surface area contributed by atoms with Crippen molar-refractivity contribution >= 4 is 17.7 Å². The summed E-state index contributed by atoms with van der Waals surface area (Å²) < 4.78 is 4.76. The van der Waals surface area contributed by atoms with E-state index in [1.165, 1.54) is 28.7 Å². The highest BCUT2D eigenvalue weighted by atomic mass is 32.2. The van der Waals surface area contributed by atoms with Crippen LogP contribution < -0.4 is 0 Å². The van der Waals surface area contributed by atoms with E-state index in [2.05, 4.69) is 38.1 Å². The fourth-order valence-corrected chi connectivity index (χ4v) is 3.27. The van der Waals surface area contributed by atoms with Gasteiger partial charge >= 0.3 is 5.97 Å². The lowest BCUT2D eigenvalue weighted by Crippen LogP contribution is -2.06. The van der Waals surface area contributed by atoms with Gasteiger partial charge in [0.25, 0.3) is 0 Å². The van der Waals surface area contributed by atoms with Gasteiger partial charge in [-0.25, -0.2) is 0 Å². The normalized spacial score (nSPS) is 10.4. The summed E-state index contributed by atoms with van der Waals surface area (Å²) >= 11 is 1.81. The number of esters is 1. The molecule has 2 aromatic carbocycles. The Morgan fingerprint density at radius 3 is 2.52 bits per heavy atom. The molecule has 0 radical (unpaired) electrons. The molecule has 0 saturated carbocycles. The zero-order valence-corrected chi connectivity index (χ0v) is 13.5. The number of hydrogen-bond acceptors (Lipinski definition) is 3. The summed E-state index contributed by atoms with van der Waals surface area (Å²) in [7, 11) is 1.43. The SMILES string of the molecule is COC(=O)Cc1ccccc1CSc1cc(C)ccc1C. The second-order valence-electron chi connectivity index (χ2n) is 5.08. The molecule has 3 heteroatoms. The first-order valence-corrected chi connectivity index (χ1v) is 7.92. The minimum atomic E-state index is -0.195. The van der Waals surface area contributed by atoms with Crippen LogP contribution in [-0.2, 0) is 21.7 Å². The molecular weight excluding hydrogens is 280 g/mol. The highest BCUT2D eigenvalue weighted by Gasteiger charge is 2.08. The molecule has 0 unspecified atom stereocenters. The largest absolute Gasteiger partial charge is 0.469 e. The van der Waals surface area contributed by atoms with E-state index in [0.717, 1.165) is 11.3 Å². The first kappa shape index (κ1) is 15.6. The number of hydrogen-bond donors (Lipinski definition) is 0. The number of aryl methyl sites for hydroxylation is 2. The summed E-state index contributed by atoms with van der Waals surface area (Å²) in [5.41, 5.74) is 4.79. The first-order chi connectivity index (χ1) is 10.1. The first-order valence-electron chi connectivity index (χ1n) is 6.94. The number of carbonyl (C=O) groups excluding carboxylic acids is 1. The zero-order valence-electron chi connectivity index (χ0n) is 12.7. The summed E-state index contributed by atoms with van der Waals surface area (Å²) in [6, 6.07) is 14.5. The Morgan fingerprint density at radius 1 is 1.10 bits per heavy atom. The highest BCUT2D eigenvalue weighted by molar-refractivity contribution is 7.98. The second kappa shape index (κ2) is 7.32. The number of methoxy groups -OCH3 is 1. The van der Waals surface area contributed by atoms with E-state index < -0.39 is 0 Å². The third kappa shape index (κ3) is 4.36. The van der Waals surface area contributed by atoms with Gasteiger partial charge in [-0.1, -0.05) is 42.0 Å². The molecule has 0 atom stereocenters. The topological polar surface area (TPSA) is 26.3 Å². The molecule has 2 aromatic rings. The van der Waals surface area contributed by atoms with Crippen LogP contribution >= 0.6 is 11.8 Å². The standard InChI is InChI=1S/C18H20O2S/c1-13-8-9-14(2)17(10-13)21-12-16-7-5-4-6-15(16)11-18(19)20-3/h4-10H,11-12H2,1-3H3. The maximum atomic E-state index is 11.5. The predicted octanol–water partition coefficient (Wildman–Crippen LogP) is 4.31. The Hall–Kier alpha value is -1.74. The van der Waals surface area contributed by atoms with E-state index in [4.69, 9.17) is 4.74 Å². The molecule has 0 bridgehead atoms. The van der Waals surface area contributed by atoms with Crippen LogP contribution in [0, 0.1) is 13.8 Å². The van der Waals surface area contributed by atoms with Crippen molar-refractivity contribution in [3.8, 4) is 0 Å². The molecule has 110 valence electrons. The van der Waals surface area contributed by atoms with Crippen LogP contribution in [-0.4, -0.2) is 13.1 Å². The predicted molar refractivity (Wildman–Crippen MR) is 87.6 cm³/mol. The van der Waals surface area contributed by atoms with Gasteiger partial charge in [0, 0.05) is 10.6 Å². The van der Waals surface area contributed by atoms with Gasteiger partial charge in [-0.15, -0.1) is 11.8 Å². The smallest absolute Gasteiger partial charge is 0.309 e. The van der Waals surface area contributed by atoms with Crippen molar-refractivity contribution in [1.82, 2.24) is 0 Å². The maximum absolute atomic E-state index is 11.5. The molecule has 0 fully saturated rings. The lowest BCUT2D eigenvalue weighted by Gasteiger charge is -2.10. The lowest BCUT2D eigenvalue weighted by atomic mass is 10.1. The number of thioether (sulfide) groups is 1. The third-order valence-corrected chi connectivity index (χ3v) is 4.61. The summed E-state index contributed by atoms with van der Waals surface area (Å²) in [5.74, 6) is 0.663. The van der Waals surface area contributed by atoms with E-state index >= 15 is 0 Å². The van der Waals surface area contributed by atoms with Crippen molar-refractivity contribution in [1.29, 1.82) is 0 Å². The number of benzene rings is 2. The van der Waals surface area contributed by atoms with E-state index in [0.29, 0.717) is 6.42 Å². The van der Waals surface area contributed by atoms with Crippen LogP contribution in [0.1, 0.15) is 22.3 Å². The molecular formula is C18H20O2S. The molecule has 0 saturated heterocycles. The van der Waals surface area contributed by atoms with E-state index in [-0.39, 0.29) is 5.97 Å². The van der Waals surface area contributed by atoms with Crippen LogP contribution in [0.5, 0.6) is 0 Å². The quantitative estimate of drug-likeness (QED) is 0.608. The Kier molecular flexibility index (Phi) is 5.45. The van der Waals surface area contributed by atoms with Crippen molar-refractivity contribution in [3.05, 3.63) is 64.7 Å². The average molecular weight is 300 g/mol. The second-order valence-corrected chi connectivity index (χ2v) is 6.10. The van der Waals surface area contributed by atoms with Gasteiger partial charge < -0.3 is 4.74 Å². The average Bonchev–Trinajstić information content (AvgIpc) is 2.49. The molecule has 0 aliphatic rings. The third-order valence-electron chi connectivity index (χ3n) is 3.41. The minimum absolute atomic E-state index is 0.195. The van der Waals surface area contributed by atoms with Crippen LogP contribution in [0.2, 0.25) is 0 Å². The summed E-state index contributed by atoms with van der Waals surface area (Å²) in [6.07, 6.45) is 0.333. The molecule has 2 nitrogen and oxygen atoms in total. The molecule has 0 heterocycles. The Bertz CT molecular complexity index is 635.